The topological polar surface area (TPSA) is 62.4 Å². The van der Waals surface area contributed by atoms with Crippen molar-refractivity contribution in [1.82, 2.24) is 4.98 Å². The van der Waals surface area contributed by atoms with Crippen molar-refractivity contribution >= 4 is 11.4 Å². The van der Waals surface area contributed by atoms with Crippen LogP contribution >= 0.6 is 0 Å². The van der Waals surface area contributed by atoms with Crippen LogP contribution in [-0.2, 0) is 6.42 Å². The van der Waals surface area contributed by atoms with Gasteiger partial charge in [0, 0.05) is 30.6 Å². The number of hydrogen-bond acceptors (Lipinski definition) is 4. The summed E-state index contributed by atoms with van der Waals surface area (Å²) < 4.78 is 0. The van der Waals surface area contributed by atoms with E-state index in [4.69, 9.17) is 5.73 Å². The molecule has 4 atom stereocenters. The highest BCUT2D eigenvalue weighted by Crippen LogP contribution is 2.43. The fourth-order valence-electron chi connectivity index (χ4n) is 3.89. The van der Waals surface area contributed by atoms with Gasteiger partial charge in [-0.1, -0.05) is 20.8 Å². The zero-order valence-corrected chi connectivity index (χ0v) is 13.6. The number of fused-ring (bicyclic) bond motifs is 1. The van der Waals surface area contributed by atoms with E-state index < -0.39 is 5.60 Å². The molecule has 0 saturated carbocycles. The first-order valence-electron chi connectivity index (χ1n) is 8.07. The first-order valence-corrected chi connectivity index (χ1v) is 8.07. The lowest BCUT2D eigenvalue weighted by Gasteiger charge is -2.47. The predicted octanol–water partition coefficient (Wildman–Crippen LogP) is 2.56. The maximum absolute atomic E-state index is 10.6. The molecule has 1 aliphatic heterocycles. The van der Waals surface area contributed by atoms with Gasteiger partial charge in [-0.3, -0.25) is 4.98 Å². The van der Waals surface area contributed by atoms with Crippen LogP contribution in [0.1, 0.15) is 51.3 Å². The van der Waals surface area contributed by atoms with Crippen molar-refractivity contribution < 1.29 is 5.11 Å². The van der Waals surface area contributed by atoms with E-state index >= 15 is 0 Å². The average Bonchev–Trinajstić information content (AvgIpc) is 2.78. The molecule has 4 nitrogen and oxygen atoms in total. The summed E-state index contributed by atoms with van der Waals surface area (Å²) in [6, 6.07) is 0. The molecule has 0 aromatic carbocycles. The third-order valence-corrected chi connectivity index (χ3v) is 5.81. The molecule has 1 aromatic rings. The molecule has 0 radical (unpaired) electrons. The van der Waals surface area contributed by atoms with Crippen LogP contribution in [0.15, 0.2) is 6.20 Å². The Morgan fingerprint density at radius 2 is 1.90 bits per heavy atom. The standard InChI is InChI=1S/C17H27N3O/c1-10-5-6-13-15(10)19-7-14(18)16(13)20-8-11(2)17(4,21)12(3)9-20/h7,10-12,21H,5-6,8-9,18H2,1-4H3/t10?,11-,12+,17?. The van der Waals surface area contributed by atoms with Crippen molar-refractivity contribution in [1.29, 1.82) is 0 Å². The third kappa shape index (κ3) is 2.20. The van der Waals surface area contributed by atoms with E-state index in [2.05, 4.69) is 30.7 Å². The number of pyridine rings is 1. The quantitative estimate of drug-likeness (QED) is 0.834. The molecular formula is C17H27N3O. The number of rotatable bonds is 1. The van der Waals surface area contributed by atoms with E-state index in [0.29, 0.717) is 5.92 Å². The van der Waals surface area contributed by atoms with Gasteiger partial charge in [-0.05, 0) is 31.2 Å². The van der Waals surface area contributed by atoms with Gasteiger partial charge in [-0.15, -0.1) is 0 Å². The fourth-order valence-corrected chi connectivity index (χ4v) is 3.89. The van der Waals surface area contributed by atoms with Crippen LogP contribution in [0.2, 0.25) is 0 Å². The molecule has 3 N–H and O–H groups in total. The van der Waals surface area contributed by atoms with Crippen molar-refractivity contribution in [3.05, 3.63) is 17.5 Å². The number of nitrogens with zero attached hydrogens (tertiary/aromatic N) is 2. The van der Waals surface area contributed by atoms with Gasteiger partial charge in [-0.25, -0.2) is 0 Å². The molecule has 21 heavy (non-hydrogen) atoms. The van der Waals surface area contributed by atoms with E-state index in [1.807, 2.05) is 13.1 Å². The molecule has 0 spiro atoms. The second-order valence-electron chi connectivity index (χ2n) is 7.30. The van der Waals surface area contributed by atoms with Crippen LogP contribution in [0, 0.1) is 11.8 Å². The molecule has 1 saturated heterocycles. The normalized spacial score (nSPS) is 35.9. The van der Waals surface area contributed by atoms with E-state index in [9.17, 15) is 5.11 Å². The molecule has 2 aliphatic rings. The predicted molar refractivity (Wildman–Crippen MR) is 86.6 cm³/mol. The van der Waals surface area contributed by atoms with E-state index in [1.54, 1.807) is 0 Å². The second kappa shape index (κ2) is 4.87. The summed E-state index contributed by atoms with van der Waals surface area (Å²) >= 11 is 0. The Kier molecular flexibility index (Phi) is 3.40. The summed E-state index contributed by atoms with van der Waals surface area (Å²) in [6.45, 7) is 10.2. The van der Waals surface area contributed by atoms with Crippen LogP contribution in [0.4, 0.5) is 11.4 Å². The van der Waals surface area contributed by atoms with Gasteiger partial charge in [0.2, 0.25) is 0 Å². The van der Waals surface area contributed by atoms with Gasteiger partial charge in [0.15, 0.2) is 0 Å². The molecule has 1 aliphatic carbocycles. The summed E-state index contributed by atoms with van der Waals surface area (Å²) in [5.74, 6) is 0.980. The smallest absolute Gasteiger partial charge is 0.0741 e. The third-order valence-electron chi connectivity index (χ3n) is 5.81. The van der Waals surface area contributed by atoms with Gasteiger partial charge in [0.25, 0.3) is 0 Å². The first kappa shape index (κ1) is 14.6. The number of hydrogen-bond donors (Lipinski definition) is 2. The number of nitrogens with two attached hydrogens (primary N) is 1. The molecule has 2 heterocycles. The van der Waals surface area contributed by atoms with E-state index in [-0.39, 0.29) is 11.8 Å². The van der Waals surface area contributed by atoms with Gasteiger partial charge in [-0.2, -0.15) is 0 Å². The van der Waals surface area contributed by atoms with Gasteiger partial charge >= 0.3 is 0 Å². The zero-order chi connectivity index (χ0) is 15.4. The lowest BCUT2D eigenvalue weighted by molar-refractivity contribution is -0.0503. The van der Waals surface area contributed by atoms with Crippen molar-refractivity contribution in [3.8, 4) is 0 Å². The largest absolute Gasteiger partial charge is 0.396 e. The summed E-state index contributed by atoms with van der Waals surface area (Å²) in [6.07, 6.45) is 4.05. The molecule has 0 amide bonds. The average molecular weight is 289 g/mol. The zero-order valence-electron chi connectivity index (χ0n) is 13.6. The fraction of sp³-hybridized carbons (Fsp3) is 0.706. The Labute approximate surface area is 127 Å². The van der Waals surface area contributed by atoms with Crippen LogP contribution in [0.5, 0.6) is 0 Å². The number of aromatic nitrogens is 1. The summed E-state index contributed by atoms with van der Waals surface area (Å²) in [7, 11) is 0. The van der Waals surface area contributed by atoms with Crippen LogP contribution in [-0.4, -0.2) is 28.8 Å². The minimum atomic E-state index is -0.602. The summed E-state index contributed by atoms with van der Waals surface area (Å²) in [5.41, 5.74) is 10.2. The minimum absolute atomic E-state index is 0.225. The maximum atomic E-state index is 10.6. The number of anilines is 2. The molecule has 0 bridgehead atoms. The van der Waals surface area contributed by atoms with Crippen molar-refractivity contribution in [3.63, 3.8) is 0 Å². The van der Waals surface area contributed by atoms with E-state index in [0.717, 1.165) is 31.6 Å². The SMILES string of the molecule is CC1CCc2c1ncc(N)c2N1C[C@@H](C)C(C)(O)[C@@H](C)C1. The van der Waals surface area contributed by atoms with Crippen molar-refractivity contribution in [2.24, 2.45) is 11.8 Å². The van der Waals surface area contributed by atoms with Gasteiger partial charge in [0.05, 0.1) is 23.2 Å². The molecular weight excluding hydrogens is 262 g/mol. The molecule has 116 valence electrons. The number of piperidine rings is 1. The minimum Gasteiger partial charge on any atom is -0.396 e. The van der Waals surface area contributed by atoms with Crippen LogP contribution in [0.25, 0.3) is 0 Å². The first-order chi connectivity index (χ1) is 9.82. The number of aliphatic hydroxyl groups is 1. The maximum Gasteiger partial charge on any atom is 0.0741 e. The van der Waals surface area contributed by atoms with Crippen LogP contribution in [0.3, 0.4) is 0 Å². The van der Waals surface area contributed by atoms with Crippen molar-refractivity contribution in [2.75, 3.05) is 23.7 Å². The summed E-state index contributed by atoms with van der Waals surface area (Å²) in [5, 5.41) is 10.6. The Morgan fingerprint density at radius 1 is 1.29 bits per heavy atom. The van der Waals surface area contributed by atoms with Gasteiger partial charge in [0.1, 0.15) is 0 Å². The monoisotopic (exact) mass is 289 g/mol. The highest BCUT2D eigenvalue weighted by molar-refractivity contribution is 5.73. The number of nitrogen functional groups attached to an aromatic ring is 1. The molecule has 1 aromatic heterocycles. The van der Waals surface area contributed by atoms with Crippen LogP contribution < -0.4 is 10.6 Å². The summed E-state index contributed by atoms with van der Waals surface area (Å²) in [4.78, 5) is 6.94. The van der Waals surface area contributed by atoms with Gasteiger partial charge < -0.3 is 15.7 Å². The highest BCUT2D eigenvalue weighted by Gasteiger charge is 2.41. The molecule has 4 heteroatoms. The lowest BCUT2D eigenvalue weighted by Crippen LogP contribution is -2.55. The Morgan fingerprint density at radius 3 is 2.52 bits per heavy atom. The highest BCUT2D eigenvalue weighted by atomic mass is 16.3. The second-order valence-corrected chi connectivity index (χ2v) is 7.30. The molecule has 1 fully saturated rings. The Bertz CT molecular complexity index is 541. The van der Waals surface area contributed by atoms with E-state index in [1.165, 1.54) is 16.9 Å². The van der Waals surface area contributed by atoms with Crippen molar-refractivity contribution in [2.45, 2.75) is 52.1 Å². The molecule has 3 rings (SSSR count). The Balaban J connectivity index is 1.99. The lowest BCUT2D eigenvalue weighted by atomic mass is 9.76. The molecule has 2 unspecified atom stereocenters. The Hall–Kier alpha value is -1.29.